The molecule has 0 saturated heterocycles. The molecule has 0 radical (unpaired) electrons. The second kappa shape index (κ2) is 11.1. The van der Waals surface area contributed by atoms with Crippen LogP contribution in [0.15, 0.2) is 77.5 Å². The highest BCUT2D eigenvalue weighted by molar-refractivity contribution is 6.34. The van der Waals surface area contributed by atoms with E-state index in [9.17, 15) is 9.90 Å². The molecule has 180 valence electrons. The largest absolute Gasteiger partial charge is 0.425 e. The number of anilines is 2. The molecule has 0 spiro atoms. The molecule has 0 aliphatic heterocycles. The van der Waals surface area contributed by atoms with Crippen LogP contribution in [0.5, 0.6) is 0 Å². The molecule has 0 bridgehead atoms. The third-order valence-corrected chi connectivity index (χ3v) is 5.57. The van der Waals surface area contributed by atoms with Crippen molar-refractivity contribution in [2.24, 2.45) is 0 Å². The first-order valence-corrected chi connectivity index (χ1v) is 11.4. The third kappa shape index (κ3) is 5.86. The number of rotatable bonds is 9. The van der Waals surface area contributed by atoms with Crippen LogP contribution >= 0.6 is 11.6 Å². The molecule has 4 aromatic rings. The minimum absolute atomic E-state index is 0.140. The number of carbonyl (C=O) groups is 1. The number of hydrogen-bond acceptors (Lipinski definition) is 7. The summed E-state index contributed by atoms with van der Waals surface area (Å²) in [6.45, 7) is 0.525. The van der Waals surface area contributed by atoms with E-state index in [4.69, 9.17) is 16.0 Å². The number of benzene rings is 2. The van der Waals surface area contributed by atoms with Gasteiger partial charge < -0.3 is 25.1 Å². The molecule has 4 rings (SSSR count). The number of carbonyl (C=O) groups excluding carboxylic acids is 1. The zero-order valence-electron chi connectivity index (χ0n) is 19.4. The number of aliphatic hydroxyl groups is 1. The average molecular weight is 492 g/mol. The van der Waals surface area contributed by atoms with Gasteiger partial charge in [0.1, 0.15) is 12.1 Å². The fourth-order valence-corrected chi connectivity index (χ4v) is 3.94. The SMILES string of the molecule is CN(C)C/C=C/C(=O)Nc1cccc(-c2c(Cl)oc3ncnc(N[C@H](CO)c4ccccc4)c23)c1. The zero-order chi connectivity index (χ0) is 24.8. The van der Waals surface area contributed by atoms with Crippen LogP contribution in [0.25, 0.3) is 22.2 Å². The molecule has 35 heavy (non-hydrogen) atoms. The lowest BCUT2D eigenvalue weighted by Gasteiger charge is -2.18. The number of likely N-dealkylation sites (N-methyl/N-ethyl adjacent to an activating group) is 1. The summed E-state index contributed by atoms with van der Waals surface area (Å²) >= 11 is 6.50. The number of halogens is 1. The van der Waals surface area contributed by atoms with Crippen molar-refractivity contribution in [3.05, 3.63) is 83.9 Å². The Bertz CT molecular complexity index is 1340. The molecule has 1 atom stereocenters. The van der Waals surface area contributed by atoms with E-state index in [1.54, 1.807) is 12.1 Å². The molecule has 8 nitrogen and oxygen atoms in total. The second-order valence-electron chi connectivity index (χ2n) is 8.18. The van der Waals surface area contributed by atoms with E-state index in [-0.39, 0.29) is 17.7 Å². The predicted octanol–water partition coefficient (Wildman–Crippen LogP) is 4.75. The Balaban J connectivity index is 1.67. The summed E-state index contributed by atoms with van der Waals surface area (Å²) in [4.78, 5) is 22.9. The number of hydrogen-bond donors (Lipinski definition) is 3. The van der Waals surface area contributed by atoms with Crippen LogP contribution in [0.3, 0.4) is 0 Å². The van der Waals surface area contributed by atoms with Gasteiger partial charge in [0.05, 0.1) is 23.6 Å². The number of fused-ring (bicyclic) bond motifs is 1. The standard InChI is InChI=1S/C26H26ClN5O3/c1-32(2)13-7-12-21(34)30-19-11-6-10-18(14-19)22-23-25(28-16-29-26(23)35-24(22)27)31-20(15-33)17-8-4-3-5-9-17/h3-12,14,16,20,33H,13,15H2,1-2H3,(H,30,34)(H,28,29,31)/b12-7+/t20-/m1/s1. The van der Waals surface area contributed by atoms with Crippen LogP contribution < -0.4 is 10.6 Å². The molecule has 0 fully saturated rings. The quantitative estimate of drug-likeness (QED) is 0.290. The van der Waals surface area contributed by atoms with Crippen molar-refractivity contribution in [1.82, 2.24) is 14.9 Å². The van der Waals surface area contributed by atoms with E-state index < -0.39 is 6.04 Å². The van der Waals surface area contributed by atoms with E-state index in [0.717, 1.165) is 11.1 Å². The molecule has 0 unspecified atom stereocenters. The number of aliphatic hydroxyl groups excluding tert-OH is 1. The smallest absolute Gasteiger partial charge is 0.248 e. The molecular formula is C26H26ClN5O3. The van der Waals surface area contributed by atoms with Crippen LogP contribution in [0.4, 0.5) is 11.5 Å². The lowest BCUT2D eigenvalue weighted by molar-refractivity contribution is -0.111. The fourth-order valence-electron chi connectivity index (χ4n) is 3.67. The van der Waals surface area contributed by atoms with Crippen molar-refractivity contribution in [3.8, 4) is 11.1 Å². The fraction of sp³-hybridized carbons (Fsp3) is 0.192. The Morgan fingerprint density at radius 1 is 1.17 bits per heavy atom. The van der Waals surface area contributed by atoms with Gasteiger partial charge in [-0.15, -0.1) is 0 Å². The van der Waals surface area contributed by atoms with Crippen LogP contribution in [0.2, 0.25) is 5.22 Å². The molecule has 3 N–H and O–H groups in total. The van der Waals surface area contributed by atoms with Crippen molar-refractivity contribution < 1.29 is 14.3 Å². The molecule has 1 amide bonds. The Hall–Kier alpha value is -3.72. The van der Waals surface area contributed by atoms with Gasteiger partial charge in [-0.1, -0.05) is 48.5 Å². The van der Waals surface area contributed by atoms with E-state index in [1.807, 2.05) is 67.5 Å². The predicted molar refractivity (Wildman–Crippen MR) is 138 cm³/mol. The van der Waals surface area contributed by atoms with Gasteiger partial charge in [-0.25, -0.2) is 9.97 Å². The van der Waals surface area contributed by atoms with Crippen LogP contribution in [0, 0.1) is 0 Å². The van der Waals surface area contributed by atoms with Crippen molar-refractivity contribution in [2.45, 2.75) is 6.04 Å². The molecule has 0 saturated carbocycles. The van der Waals surface area contributed by atoms with Gasteiger partial charge in [-0.3, -0.25) is 4.79 Å². The molecule has 2 aromatic heterocycles. The topological polar surface area (TPSA) is 104 Å². The van der Waals surface area contributed by atoms with Gasteiger partial charge in [-0.05, 0) is 49.0 Å². The summed E-state index contributed by atoms with van der Waals surface area (Å²) in [6, 6.07) is 16.5. The van der Waals surface area contributed by atoms with Gasteiger partial charge in [0.2, 0.25) is 16.8 Å². The van der Waals surface area contributed by atoms with E-state index in [2.05, 4.69) is 20.6 Å². The zero-order valence-corrected chi connectivity index (χ0v) is 20.2. The van der Waals surface area contributed by atoms with Crippen molar-refractivity contribution in [1.29, 1.82) is 0 Å². The number of nitrogens with one attached hydrogen (secondary N) is 2. The van der Waals surface area contributed by atoms with E-state index in [0.29, 0.717) is 34.7 Å². The normalized spacial score (nSPS) is 12.4. The highest BCUT2D eigenvalue weighted by Gasteiger charge is 2.22. The molecule has 0 aliphatic carbocycles. The van der Waals surface area contributed by atoms with Gasteiger partial charge in [0.25, 0.3) is 0 Å². The highest BCUT2D eigenvalue weighted by Crippen LogP contribution is 2.41. The summed E-state index contributed by atoms with van der Waals surface area (Å²) in [5.74, 6) is 0.246. The minimum Gasteiger partial charge on any atom is -0.425 e. The Labute approximate surface area is 208 Å². The number of amides is 1. The lowest BCUT2D eigenvalue weighted by Crippen LogP contribution is -2.15. The molecule has 0 aliphatic rings. The maximum atomic E-state index is 12.3. The Morgan fingerprint density at radius 3 is 2.71 bits per heavy atom. The number of furan rings is 1. The number of aromatic nitrogens is 2. The first kappa shape index (κ1) is 24.4. The Kier molecular flexibility index (Phi) is 7.77. The van der Waals surface area contributed by atoms with Crippen molar-refractivity contribution in [2.75, 3.05) is 37.9 Å². The van der Waals surface area contributed by atoms with Gasteiger partial charge in [-0.2, -0.15) is 0 Å². The monoisotopic (exact) mass is 491 g/mol. The highest BCUT2D eigenvalue weighted by atomic mass is 35.5. The second-order valence-corrected chi connectivity index (χ2v) is 8.52. The summed E-state index contributed by atoms with van der Waals surface area (Å²) in [7, 11) is 3.86. The van der Waals surface area contributed by atoms with Crippen LogP contribution in [-0.4, -0.2) is 53.1 Å². The molecule has 9 heteroatoms. The summed E-state index contributed by atoms with van der Waals surface area (Å²) in [5.41, 5.74) is 3.14. The van der Waals surface area contributed by atoms with Gasteiger partial charge >= 0.3 is 0 Å². The summed E-state index contributed by atoms with van der Waals surface area (Å²) in [5, 5.41) is 16.9. The van der Waals surface area contributed by atoms with Crippen LogP contribution in [-0.2, 0) is 4.79 Å². The van der Waals surface area contributed by atoms with Gasteiger partial charge in [0.15, 0.2) is 0 Å². The van der Waals surface area contributed by atoms with E-state index in [1.165, 1.54) is 12.4 Å². The lowest BCUT2D eigenvalue weighted by atomic mass is 10.0. The van der Waals surface area contributed by atoms with Gasteiger partial charge in [0, 0.05) is 18.3 Å². The minimum atomic E-state index is -0.393. The third-order valence-electron chi connectivity index (χ3n) is 5.30. The van der Waals surface area contributed by atoms with Crippen molar-refractivity contribution in [3.63, 3.8) is 0 Å². The average Bonchev–Trinajstić information content (AvgIpc) is 3.19. The van der Waals surface area contributed by atoms with Crippen LogP contribution in [0.1, 0.15) is 11.6 Å². The van der Waals surface area contributed by atoms with Crippen molar-refractivity contribution >= 4 is 40.1 Å². The first-order valence-electron chi connectivity index (χ1n) is 11.0. The Morgan fingerprint density at radius 2 is 1.97 bits per heavy atom. The molecular weight excluding hydrogens is 466 g/mol. The maximum absolute atomic E-state index is 12.3. The van der Waals surface area contributed by atoms with E-state index >= 15 is 0 Å². The number of nitrogens with zero attached hydrogens (tertiary/aromatic N) is 3. The molecule has 2 heterocycles. The molecule has 2 aromatic carbocycles. The first-order chi connectivity index (χ1) is 17.0. The summed E-state index contributed by atoms with van der Waals surface area (Å²) in [6.07, 6.45) is 4.67. The summed E-state index contributed by atoms with van der Waals surface area (Å²) < 4.78 is 5.72. The maximum Gasteiger partial charge on any atom is 0.248 e.